The minimum Gasteiger partial charge on any atom is -0.488 e. The normalized spacial score (nSPS) is 16.8. The van der Waals surface area contributed by atoms with Gasteiger partial charge in [-0.1, -0.05) is 6.92 Å². The Kier molecular flexibility index (Phi) is 10.1. The smallest absolute Gasteiger partial charge is 0.488 e. The van der Waals surface area contributed by atoms with Gasteiger partial charge in [0.1, 0.15) is 5.75 Å². The van der Waals surface area contributed by atoms with Crippen molar-refractivity contribution in [2.24, 2.45) is 5.92 Å². The van der Waals surface area contributed by atoms with Gasteiger partial charge in [0.05, 0.1) is 18.4 Å². The highest BCUT2D eigenvalue weighted by Crippen LogP contribution is 2.30. The Labute approximate surface area is 221 Å². The van der Waals surface area contributed by atoms with Gasteiger partial charge in [0.2, 0.25) is 0 Å². The van der Waals surface area contributed by atoms with Gasteiger partial charge in [-0.05, 0) is 44.0 Å². The number of carboxylic acid groups (broad SMARTS) is 1. The van der Waals surface area contributed by atoms with E-state index in [9.17, 15) is 18.0 Å². The summed E-state index contributed by atoms with van der Waals surface area (Å²) in [6, 6.07) is 5.44. The molecule has 1 aliphatic heterocycles. The number of aromatic nitrogens is 4. The highest BCUT2D eigenvalue weighted by molar-refractivity contribution is 5.94. The molecular formula is C25H27F3N6O5. The number of carbonyl (C=O) groups excluding carboxylic acids is 1. The maximum absolute atomic E-state index is 12.6. The average Bonchev–Trinajstić information content (AvgIpc) is 2.91. The topological polar surface area (TPSA) is 148 Å². The molecule has 4 heterocycles. The first-order chi connectivity index (χ1) is 18.6. The van der Waals surface area contributed by atoms with Crippen LogP contribution >= 0.6 is 0 Å². The molecule has 1 aliphatic rings. The number of carbonyl (C=O) groups is 2. The summed E-state index contributed by atoms with van der Waals surface area (Å²) in [6.45, 7) is 6.30. The summed E-state index contributed by atoms with van der Waals surface area (Å²) < 4.78 is 43.1. The number of amides is 1. The summed E-state index contributed by atoms with van der Waals surface area (Å²) in [4.78, 5) is 38.6. The van der Waals surface area contributed by atoms with Crippen LogP contribution in [0.1, 0.15) is 30.6 Å². The fourth-order valence-corrected chi connectivity index (χ4v) is 3.46. The molecule has 2 atom stereocenters. The third-order valence-electron chi connectivity index (χ3n) is 5.52. The molecule has 0 aromatic carbocycles. The second kappa shape index (κ2) is 13.5. The van der Waals surface area contributed by atoms with Crippen LogP contribution in [-0.2, 0) is 4.79 Å². The molecule has 3 N–H and O–H groups in total. The summed E-state index contributed by atoms with van der Waals surface area (Å²) >= 11 is 0. The summed E-state index contributed by atoms with van der Waals surface area (Å²) in [5.41, 5.74) is 1.08. The van der Waals surface area contributed by atoms with Gasteiger partial charge < -0.3 is 25.2 Å². The lowest BCUT2D eigenvalue weighted by molar-refractivity contribution is -0.192. The molecular weight excluding hydrogens is 521 g/mol. The third-order valence-corrected chi connectivity index (χ3v) is 5.52. The second-order valence-electron chi connectivity index (χ2n) is 8.40. The highest BCUT2D eigenvalue weighted by atomic mass is 19.4. The zero-order valence-corrected chi connectivity index (χ0v) is 21.1. The fraction of sp³-hybridized carbons (Fsp3) is 0.360. The van der Waals surface area contributed by atoms with Crippen molar-refractivity contribution in [2.45, 2.75) is 32.5 Å². The number of rotatable bonds is 7. The van der Waals surface area contributed by atoms with E-state index < -0.39 is 12.1 Å². The minimum atomic E-state index is -5.08. The van der Waals surface area contributed by atoms with Crippen LogP contribution in [0.15, 0.2) is 49.2 Å². The molecule has 0 radical (unpaired) electrons. The van der Waals surface area contributed by atoms with Crippen molar-refractivity contribution in [2.75, 3.05) is 19.7 Å². The number of piperidine rings is 1. The summed E-state index contributed by atoms with van der Waals surface area (Å²) in [5, 5.41) is 13.5. The molecule has 39 heavy (non-hydrogen) atoms. The standard InChI is InChI=1S/C23H26N6O3.C2HF3O2/c1-3-31-20-5-4-7-26-23(20)32-18-9-16(10-25-13-18)21-27-11-17(12-28-21)22(30)29-19-14-24-8-6-15(19)2;3-2(4,5)1(6)7/h4-5,7,9-13,15,19,24H,3,6,8,14H2,1-2H3,(H,29,30);(H,6,7)/t15-,19+;/m1./s1. The average molecular weight is 549 g/mol. The van der Waals surface area contributed by atoms with Crippen LogP contribution in [0.2, 0.25) is 0 Å². The van der Waals surface area contributed by atoms with Gasteiger partial charge in [-0.3, -0.25) is 9.78 Å². The maximum Gasteiger partial charge on any atom is 0.490 e. The van der Waals surface area contributed by atoms with E-state index in [-0.39, 0.29) is 11.9 Å². The van der Waals surface area contributed by atoms with Gasteiger partial charge in [0, 0.05) is 42.9 Å². The summed E-state index contributed by atoms with van der Waals surface area (Å²) in [6.07, 6.45) is 3.85. The molecule has 1 amide bonds. The molecule has 208 valence electrons. The zero-order chi connectivity index (χ0) is 28.4. The van der Waals surface area contributed by atoms with Crippen LogP contribution in [0.5, 0.6) is 17.4 Å². The third kappa shape index (κ3) is 8.60. The van der Waals surface area contributed by atoms with E-state index in [1.54, 1.807) is 36.8 Å². The molecule has 0 bridgehead atoms. The highest BCUT2D eigenvalue weighted by Gasteiger charge is 2.38. The number of pyridine rings is 2. The molecule has 14 heteroatoms. The Morgan fingerprint density at radius 3 is 2.54 bits per heavy atom. The number of hydrogen-bond acceptors (Lipinski definition) is 9. The first-order valence-corrected chi connectivity index (χ1v) is 11.9. The Bertz CT molecular complexity index is 1260. The SMILES string of the molecule is CCOc1cccnc1Oc1cncc(-c2ncc(C(=O)N[C@H]3CNCC[C@H]3C)cn2)c1.O=C(O)C(F)(F)F. The van der Waals surface area contributed by atoms with Crippen LogP contribution in [0.3, 0.4) is 0 Å². The van der Waals surface area contributed by atoms with Crippen molar-refractivity contribution in [3.8, 4) is 28.8 Å². The number of carboxylic acids is 1. The monoisotopic (exact) mass is 548 g/mol. The number of nitrogens with zero attached hydrogens (tertiary/aromatic N) is 4. The molecule has 3 aromatic heterocycles. The van der Waals surface area contributed by atoms with E-state index in [2.05, 4.69) is 37.5 Å². The van der Waals surface area contributed by atoms with Crippen molar-refractivity contribution in [3.05, 3.63) is 54.7 Å². The van der Waals surface area contributed by atoms with E-state index in [1.165, 1.54) is 12.4 Å². The Morgan fingerprint density at radius 2 is 1.90 bits per heavy atom. The van der Waals surface area contributed by atoms with Gasteiger partial charge in [-0.15, -0.1) is 0 Å². The fourth-order valence-electron chi connectivity index (χ4n) is 3.46. The second-order valence-corrected chi connectivity index (χ2v) is 8.40. The Balaban J connectivity index is 0.000000532. The molecule has 0 spiro atoms. The van der Waals surface area contributed by atoms with Crippen LogP contribution in [0, 0.1) is 5.92 Å². The number of hydrogen-bond donors (Lipinski definition) is 3. The predicted molar refractivity (Wildman–Crippen MR) is 132 cm³/mol. The Hall–Kier alpha value is -4.33. The molecule has 4 rings (SSSR count). The van der Waals surface area contributed by atoms with Crippen molar-refractivity contribution >= 4 is 11.9 Å². The van der Waals surface area contributed by atoms with Crippen molar-refractivity contribution in [1.29, 1.82) is 0 Å². The zero-order valence-electron chi connectivity index (χ0n) is 21.1. The van der Waals surface area contributed by atoms with Gasteiger partial charge >= 0.3 is 12.1 Å². The summed E-state index contributed by atoms with van der Waals surface area (Å²) in [7, 11) is 0. The van der Waals surface area contributed by atoms with Crippen LogP contribution < -0.4 is 20.1 Å². The molecule has 0 saturated carbocycles. The van der Waals surface area contributed by atoms with Gasteiger partial charge in [-0.2, -0.15) is 13.2 Å². The van der Waals surface area contributed by atoms with E-state index in [0.29, 0.717) is 46.9 Å². The van der Waals surface area contributed by atoms with E-state index in [0.717, 1.165) is 19.5 Å². The quantitative estimate of drug-likeness (QED) is 0.401. The number of nitrogens with one attached hydrogen (secondary N) is 2. The van der Waals surface area contributed by atoms with E-state index >= 15 is 0 Å². The molecule has 1 fully saturated rings. The van der Waals surface area contributed by atoms with Crippen LogP contribution in [0.4, 0.5) is 13.2 Å². The number of aliphatic carboxylic acids is 1. The van der Waals surface area contributed by atoms with Crippen LogP contribution in [-0.4, -0.2) is 68.8 Å². The molecule has 11 nitrogen and oxygen atoms in total. The first-order valence-electron chi connectivity index (χ1n) is 11.9. The number of halogens is 3. The number of ether oxygens (including phenoxy) is 2. The number of alkyl halides is 3. The maximum atomic E-state index is 12.6. The molecule has 0 aliphatic carbocycles. The van der Waals surface area contributed by atoms with E-state index in [4.69, 9.17) is 19.4 Å². The lowest BCUT2D eigenvalue weighted by atomic mass is 9.94. The van der Waals surface area contributed by atoms with E-state index in [1.807, 2.05) is 6.92 Å². The minimum absolute atomic E-state index is 0.0992. The molecule has 1 saturated heterocycles. The van der Waals surface area contributed by atoms with Gasteiger partial charge in [-0.25, -0.2) is 19.7 Å². The summed E-state index contributed by atoms with van der Waals surface area (Å²) in [5.74, 6) is -0.679. The van der Waals surface area contributed by atoms with Gasteiger partial charge in [0.25, 0.3) is 11.8 Å². The Morgan fingerprint density at radius 1 is 1.18 bits per heavy atom. The van der Waals surface area contributed by atoms with Gasteiger partial charge in [0.15, 0.2) is 11.6 Å². The predicted octanol–water partition coefficient (Wildman–Crippen LogP) is 3.49. The van der Waals surface area contributed by atoms with Crippen LogP contribution in [0.25, 0.3) is 11.4 Å². The van der Waals surface area contributed by atoms with Crippen molar-refractivity contribution in [1.82, 2.24) is 30.6 Å². The molecule has 0 unspecified atom stereocenters. The van der Waals surface area contributed by atoms with Crippen molar-refractivity contribution < 1.29 is 37.3 Å². The largest absolute Gasteiger partial charge is 0.490 e. The lowest BCUT2D eigenvalue weighted by Gasteiger charge is -2.30. The lowest BCUT2D eigenvalue weighted by Crippen LogP contribution is -2.50. The first kappa shape index (κ1) is 29.2. The molecule has 3 aromatic rings. The van der Waals surface area contributed by atoms with Crippen molar-refractivity contribution in [3.63, 3.8) is 0 Å².